The third kappa shape index (κ3) is 3.12. The molecular formula is C19H20N6O2. The first-order valence-corrected chi connectivity index (χ1v) is 8.91. The van der Waals surface area contributed by atoms with Gasteiger partial charge in [-0.25, -0.2) is 10.8 Å². The Morgan fingerprint density at radius 2 is 2.33 bits per heavy atom. The number of ether oxygens (including phenoxy) is 1. The van der Waals surface area contributed by atoms with E-state index in [1.807, 2.05) is 19.1 Å². The summed E-state index contributed by atoms with van der Waals surface area (Å²) in [5, 5.41) is 10.2. The average Bonchev–Trinajstić information content (AvgIpc) is 3.05. The molecule has 2 atom stereocenters. The van der Waals surface area contributed by atoms with E-state index in [4.69, 9.17) is 10.6 Å². The second-order valence-electron chi connectivity index (χ2n) is 6.84. The van der Waals surface area contributed by atoms with Gasteiger partial charge in [-0.2, -0.15) is 5.26 Å². The highest BCUT2D eigenvalue weighted by atomic mass is 16.5. The zero-order valence-electron chi connectivity index (χ0n) is 15.0. The molecule has 1 amide bonds. The molecule has 1 aliphatic heterocycles. The first kappa shape index (κ1) is 17.4. The molecule has 1 fully saturated rings. The van der Waals surface area contributed by atoms with Gasteiger partial charge in [0.2, 0.25) is 5.91 Å². The molecule has 0 spiro atoms. The second-order valence-corrected chi connectivity index (χ2v) is 6.84. The van der Waals surface area contributed by atoms with Gasteiger partial charge < -0.3 is 9.30 Å². The van der Waals surface area contributed by atoms with Crippen LogP contribution in [-0.4, -0.2) is 33.2 Å². The highest BCUT2D eigenvalue weighted by Crippen LogP contribution is 2.33. The molecule has 1 saturated heterocycles. The van der Waals surface area contributed by atoms with Gasteiger partial charge in [0.1, 0.15) is 11.3 Å². The van der Waals surface area contributed by atoms with E-state index in [2.05, 4.69) is 26.0 Å². The molecule has 0 bridgehead atoms. The quantitative estimate of drug-likeness (QED) is 0.415. The molecule has 1 aromatic carbocycles. The van der Waals surface area contributed by atoms with Crippen molar-refractivity contribution in [1.82, 2.24) is 20.0 Å². The summed E-state index contributed by atoms with van der Waals surface area (Å²) in [5.74, 6) is 5.63. The smallest absolute Gasteiger partial charge is 0.241 e. The Bertz CT molecular complexity index is 1070. The number of imidazole rings is 1. The molecule has 138 valence electrons. The van der Waals surface area contributed by atoms with E-state index < -0.39 is 0 Å². The van der Waals surface area contributed by atoms with Crippen molar-refractivity contribution < 1.29 is 9.53 Å². The normalized spacial score (nSPS) is 19.9. The maximum atomic E-state index is 11.9. The van der Waals surface area contributed by atoms with Crippen molar-refractivity contribution in [3.8, 4) is 6.07 Å². The maximum Gasteiger partial charge on any atom is 0.241 e. The van der Waals surface area contributed by atoms with Gasteiger partial charge in [-0.1, -0.05) is 0 Å². The Balaban J connectivity index is 1.99. The van der Waals surface area contributed by atoms with Crippen molar-refractivity contribution >= 4 is 27.8 Å². The van der Waals surface area contributed by atoms with Crippen LogP contribution in [0.4, 0.5) is 0 Å². The fraction of sp³-hybridized carbons (Fsp3) is 0.368. The van der Waals surface area contributed by atoms with Gasteiger partial charge in [0, 0.05) is 18.0 Å². The summed E-state index contributed by atoms with van der Waals surface area (Å²) < 4.78 is 7.82. The molecule has 1 unspecified atom stereocenters. The van der Waals surface area contributed by atoms with E-state index in [0.717, 1.165) is 29.3 Å². The lowest BCUT2D eigenvalue weighted by Gasteiger charge is -2.30. The standard InChI is InChI=1S/C19H20N6O2/c1-11-6-13(4-5-27-11)25-17(8-18(26)24-21)23-16-10-22-15-3-2-12(9-20)7-14(15)19(16)25/h2-3,7,10-11,13H,4-6,8,21H2,1H3,(H,24,26)/t11-,13?/m1/s1. The van der Waals surface area contributed by atoms with E-state index in [9.17, 15) is 10.1 Å². The Morgan fingerprint density at radius 3 is 3.07 bits per heavy atom. The number of fused-ring (bicyclic) bond motifs is 3. The molecule has 1 aliphatic rings. The Labute approximate surface area is 155 Å². The minimum atomic E-state index is -0.304. The molecule has 0 aliphatic carbocycles. The molecule has 8 nitrogen and oxygen atoms in total. The van der Waals surface area contributed by atoms with Crippen molar-refractivity contribution in [1.29, 1.82) is 5.26 Å². The Morgan fingerprint density at radius 1 is 1.48 bits per heavy atom. The number of hydrogen-bond donors (Lipinski definition) is 2. The predicted octanol–water partition coefficient (Wildman–Crippen LogP) is 1.73. The lowest BCUT2D eigenvalue weighted by Crippen LogP contribution is -2.33. The SMILES string of the molecule is C[C@@H]1CC(n2c(CC(=O)NN)nc3cnc4ccc(C#N)cc4c32)CCO1. The number of aromatic nitrogens is 3. The maximum absolute atomic E-state index is 11.9. The number of nitriles is 1. The highest BCUT2D eigenvalue weighted by molar-refractivity contribution is 6.03. The summed E-state index contributed by atoms with van der Waals surface area (Å²) in [6.45, 7) is 2.70. The summed E-state index contributed by atoms with van der Waals surface area (Å²) in [5.41, 5.74) is 5.13. The molecule has 8 heteroatoms. The number of nitrogens with zero attached hydrogens (tertiary/aromatic N) is 4. The number of hydrogen-bond acceptors (Lipinski definition) is 6. The van der Waals surface area contributed by atoms with Gasteiger partial charge in [0.25, 0.3) is 0 Å². The molecule has 2 aromatic heterocycles. The molecule has 3 N–H and O–H groups in total. The van der Waals surface area contributed by atoms with E-state index in [1.165, 1.54) is 0 Å². The molecule has 4 rings (SSSR count). The van der Waals surface area contributed by atoms with Crippen LogP contribution in [0.25, 0.3) is 21.9 Å². The third-order valence-electron chi connectivity index (χ3n) is 5.02. The topological polar surface area (TPSA) is 119 Å². The van der Waals surface area contributed by atoms with E-state index in [1.54, 1.807) is 12.3 Å². The number of pyridine rings is 1. The number of carbonyl (C=O) groups excluding carboxylic acids is 1. The zero-order chi connectivity index (χ0) is 19.0. The summed E-state index contributed by atoms with van der Waals surface area (Å²) in [7, 11) is 0. The number of rotatable bonds is 3. The number of benzene rings is 1. The Kier molecular flexibility index (Phi) is 4.48. The predicted molar refractivity (Wildman–Crippen MR) is 99.5 cm³/mol. The lowest BCUT2D eigenvalue weighted by molar-refractivity contribution is -0.120. The van der Waals surface area contributed by atoms with Crippen molar-refractivity contribution in [2.75, 3.05) is 6.61 Å². The first-order valence-electron chi connectivity index (χ1n) is 8.91. The molecule has 27 heavy (non-hydrogen) atoms. The van der Waals surface area contributed by atoms with Crippen LogP contribution in [0.1, 0.15) is 37.2 Å². The van der Waals surface area contributed by atoms with Gasteiger partial charge in [-0.15, -0.1) is 0 Å². The van der Waals surface area contributed by atoms with Gasteiger partial charge >= 0.3 is 0 Å². The molecule has 0 radical (unpaired) electrons. The van der Waals surface area contributed by atoms with E-state index in [0.29, 0.717) is 23.5 Å². The van der Waals surface area contributed by atoms with E-state index >= 15 is 0 Å². The van der Waals surface area contributed by atoms with Crippen LogP contribution < -0.4 is 11.3 Å². The van der Waals surface area contributed by atoms with Crippen LogP contribution >= 0.6 is 0 Å². The third-order valence-corrected chi connectivity index (χ3v) is 5.02. The van der Waals surface area contributed by atoms with E-state index in [-0.39, 0.29) is 24.5 Å². The van der Waals surface area contributed by atoms with Crippen molar-refractivity contribution in [2.24, 2.45) is 5.84 Å². The number of carbonyl (C=O) groups is 1. The van der Waals surface area contributed by atoms with Gasteiger partial charge in [-0.05, 0) is 38.0 Å². The number of nitrogens with one attached hydrogen (secondary N) is 1. The van der Waals surface area contributed by atoms with Crippen molar-refractivity contribution in [3.05, 3.63) is 35.8 Å². The zero-order valence-corrected chi connectivity index (χ0v) is 15.0. The van der Waals surface area contributed by atoms with Crippen LogP contribution in [0.3, 0.4) is 0 Å². The summed E-state index contributed by atoms with van der Waals surface area (Å²) in [6, 6.07) is 7.75. The number of nitrogens with two attached hydrogens (primary N) is 1. The second kappa shape index (κ2) is 6.95. The highest BCUT2D eigenvalue weighted by Gasteiger charge is 2.27. The minimum absolute atomic E-state index is 0.0797. The molecule has 3 aromatic rings. The first-order chi connectivity index (χ1) is 13.1. The lowest BCUT2D eigenvalue weighted by atomic mass is 10.0. The number of amides is 1. The number of hydrazine groups is 1. The molecule has 3 heterocycles. The van der Waals surface area contributed by atoms with Crippen LogP contribution in [-0.2, 0) is 16.0 Å². The summed E-state index contributed by atoms with van der Waals surface area (Å²) in [4.78, 5) is 21.1. The largest absolute Gasteiger partial charge is 0.378 e. The summed E-state index contributed by atoms with van der Waals surface area (Å²) in [6.07, 6.45) is 3.57. The minimum Gasteiger partial charge on any atom is -0.378 e. The van der Waals surface area contributed by atoms with Crippen LogP contribution in [0, 0.1) is 11.3 Å². The molecular weight excluding hydrogens is 344 g/mol. The molecule has 0 saturated carbocycles. The fourth-order valence-electron chi connectivity index (χ4n) is 3.82. The average molecular weight is 364 g/mol. The van der Waals surface area contributed by atoms with Crippen LogP contribution in [0.2, 0.25) is 0 Å². The van der Waals surface area contributed by atoms with Crippen molar-refractivity contribution in [3.63, 3.8) is 0 Å². The van der Waals surface area contributed by atoms with Gasteiger partial charge in [-0.3, -0.25) is 15.2 Å². The van der Waals surface area contributed by atoms with Crippen molar-refractivity contribution in [2.45, 2.75) is 38.3 Å². The monoisotopic (exact) mass is 364 g/mol. The summed E-state index contributed by atoms with van der Waals surface area (Å²) >= 11 is 0. The van der Waals surface area contributed by atoms with Crippen LogP contribution in [0.15, 0.2) is 24.4 Å². The fourth-order valence-corrected chi connectivity index (χ4v) is 3.82. The Hall–Kier alpha value is -3.02. The van der Waals surface area contributed by atoms with Crippen LogP contribution in [0.5, 0.6) is 0 Å². The van der Waals surface area contributed by atoms with Gasteiger partial charge in [0.05, 0.1) is 41.4 Å². The van der Waals surface area contributed by atoms with Gasteiger partial charge in [0.15, 0.2) is 0 Å².